The number of rotatable bonds is 2. The summed E-state index contributed by atoms with van der Waals surface area (Å²) in [5.74, 6) is 0. The van der Waals surface area contributed by atoms with Crippen LogP contribution in [0.15, 0.2) is 12.1 Å². The smallest absolute Gasteiger partial charge is 0.153 e. The van der Waals surface area contributed by atoms with Gasteiger partial charge in [-0.3, -0.25) is 9.78 Å². The molecule has 5 nitrogen and oxygen atoms in total. The maximum absolute atomic E-state index is 10.5. The molecule has 0 aromatic carbocycles. The minimum atomic E-state index is -0.798. The molecule has 1 fully saturated rings. The van der Waals surface area contributed by atoms with E-state index < -0.39 is 6.03 Å². The zero-order valence-corrected chi connectivity index (χ0v) is 16.9. The average Bonchev–Trinajstić information content (AvgIpc) is 2.37. The quantitative estimate of drug-likeness (QED) is 0.807. The fraction of sp³-hybridized carbons (Fsp3) is 0.625. The van der Waals surface area contributed by atoms with Crippen molar-refractivity contribution >= 4 is 11.7 Å². The number of anilines is 1. The molecular weight excluding hydrogens is 353 g/mol. The number of carbonyl (C=O) groups excluding carboxylic acids is 1. The number of pyridine rings is 1. The van der Waals surface area contributed by atoms with Crippen LogP contribution in [0.2, 0.25) is 0 Å². The van der Waals surface area contributed by atoms with E-state index in [1.165, 1.54) is 12.8 Å². The molecule has 2 amide bonds. The van der Waals surface area contributed by atoms with E-state index in [0.29, 0.717) is 11.1 Å². The molecule has 1 radical (unpaired) electrons. The Balaban J connectivity index is 0.000000423. The Bertz CT molecular complexity index is 469. The van der Waals surface area contributed by atoms with E-state index in [2.05, 4.69) is 29.5 Å². The molecule has 0 spiro atoms. The normalized spacial score (nSPS) is 15.8. The van der Waals surface area contributed by atoms with Crippen molar-refractivity contribution in [1.82, 2.24) is 4.98 Å². The number of hydrogen-bond acceptors (Lipinski definition) is 2. The van der Waals surface area contributed by atoms with Crippen LogP contribution in [-0.2, 0) is 39.1 Å². The SMILES string of the molecule is CC1(C)CC[N-]CC1.CCc1cc(NC([NH-])=O)cc(C)n1.[Y]. The van der Waals surface area contributed by atoms with Crippen LogP contribution in [0.3, 0.4) is 0 Å². The molecule has 0 aliphatic carbocycles. The molecule has 2 heterocycles. The summed E-state index contributed by atoms with van der Waals surface area (Å²) < 4.78 is 0. The predicted molar refractivity (Wildman–Crippen MR) is 87.8 cm³/mol. The van der Waals surface area contributed by atoms with E-state index in [9.17, 15) is 4.79 Å². The second kappa shape index (κ2) is 10.3. The van der Waals surface area contributed by atoms with Crippen molar-refractivity contribution in [2.45, 2.75) is 47.0 Å². The van der Waals surface area contributed by atoms with Crippen LogP contribution in [-0.4, -0.2) is 24.1 Å². The molecule has 0 saturated carbocycles. The third-order valence-electron chi connectivity index (χ3n) is 3.52. The standard InChI is InChI=1S/C9H13N3O.C7H14N.Y/c1-3-7-5-8(12-9(10)13)4-6(2)11-7;1-7(2)3-5-8-6-4-7;/h4-5H,3H2,1-2H3,(H3,10,11,12,13);3-6H2,1-2H3;/q;-1;/p-1. The van der Waals surface area contributed by atoms with E-state index in [1.54, 1.807) is 12.1 Å². The van der Waals surface area contributed by atoms with Crippen LogP contribution < -0.4 is 5.32 Å². The Morgan fingerprint density at radius 3 is 2.36 bits per heavy atom. The molecular formula is C16H26N4OY-2. The maximum Gasteiger partial charge on any atom is 0.153 e. The fourth-order valence-electron chi connectivity index (χ4n) is 2.12. The summed E-state index contributed by atoms with van der Waals surface area (Å²) in [6, 6.07) is 2.72. The Labute approximate surface area is 159 Å². The Morgan fingerprint density at radius 2 is 1.95 bits per heavy atom. The van der Waals surface area contributed by atoms with E-state index in [0.717, 1.165) is 30.9 Å². The summed E-state index contributed by atoms with van der Waals surface area (Å²) in [7, 11) is 0. The van der Waals surface area contributed by atoms with Gasteiger partial charge < -0.3 is 16.4 Å². The first-order valence-corrected chi connectivity index (χ1v) is 7.46. The van der Waals surface area contributed by atoms with Crippen LogP contribution in [0.1, 0.15) is 45.0 Å². The number of urea groups is 1. The molecule has 22 heavy (non-hydrogen) atoms. The number of carbonyl (C=O) groups is 1. The summed E-state index contributed by atoms with van der Waals surface area (Å²) >= 11 is 0. The van der Waals surface area contributed by atoms with Gasteiger partial charge >= 0.3 is 0 Å². The Kier molecular flexibility index (Phi) is 10.1. The summed E-state index contributed by atoms with van der Waals surface area (Å²) in [4.78, 5) is 14.7. The first-order chi connectivity index (χ1) is 9.82. The molecule has 1 aliphatic rings. The number of piperidine rings is 1. The summed E-state index contributed by atoms with van der Waals surface area (Å²) in [5, 5.41) is 6.68. The van der Waals surface area contributed by atoms with Crippen LogP contribution in [0.4, 0.5) is 10.5 Å². The Morgan fingerprint density at radius 1 is 1.36 bits per heavy atom. The van der Waals surface area contributed by atoms with Gasteiger partial charge in [0.15, 0.2) is 6.03 Å². The third kappa shape index (κ3) is 8.81. The maximum atomic E-state index is 10.5. The van der Waals surface area contributed by atoms with Gasteiger partial charge in [0.1, 0.15) is 0 Å². The molecule has 6 heteroatoms. The minimum absolute atomic E-state index is 0. The topological polar surface area (TPSA) is 79.9 Å². The molecule has 0 atom stereocenters. The Hall–Kier alpha value is -0.516. The van der Waals surface area contributed by atoms with Crippen molar-refractivity contribution in [3.8, 4) is 0 Å². The third-order valence-corrected chi connectivity index (χ3v) is 3.52. The van der Waals surface area contributed by atoms with E-state index in [4.69, 9.17) is 5.73 Å². The number of nitrogens with one attached hydrogen (secondary N) is 2. The second-order valence-corrected chi connectivity index (χ2v) is 6.13. The van der Waals surface area contributed by atoms with Crippen molar-refractivity contribution < 1.29 is 37.5 Å². The molecule has 0 bridgehead atoms. The van der Waals surface area contributed by atoms with Gasteiger partial charge in [0.25, 0.3) is 0 Å². The van der Waals surface area contributed by atoms with Gasteiger partial charge in [0, 0.05) is 44.1 Å². The fourth-order valence-corrected chi connectivity index (χ4v) is 2.12. The van der Waals surface area contributed by atoms with Gasteiger partial charge in [-0.25, -0.2) is 0 Å². The molecule has 1 saturated heterocycles. The van der Waals surface area contributed by atoms with Gasteiger partial charge in [-0.2, -0.15) is 0 Å². The number of hydrogen-bond donors (Lipinski definition) is 1. The van der Waals surface area contributed by atoms with Crippen LogP contribution in [0.25, 0.3) is 11.1 Å². The van der Waals surface area contributed by atoms with Crippen molar-refractivity contribution in [2.75, 3.05) is 18.4 Å². The zero-order valence-electron chi connectivity index (χ0n) is 14.1. The monoisotopic (exact) mass is 379 g/mol. The average molecular weight is 379 g/mol. The van der Waals surface area contributed by atoms with Gasteiger partial charge in [-0.15, -0.1) is 13.1 Å². The first kappa shape index (κ1) is 21.5. The van der Waals surface area contributed by atoms with Crippen molar-refractivity contribution in [3.05, 3.63) is 34.6 Å². The molecule has 2 rings (SSSR count). The van der Waals surface area contributed by atoms with Gasteiger partial charge in [-0.05, 0) is 36.6 Å². The molecule has 1 aromatic heterocycles. The molecule has 2 N–H and O–H groups in total. The minimum Gasteiger partial charge on any atom is -0.662 e. The first-order valence-electron chi connectivity index (χ1n) is 7.46. The number of nitrogens with zero attached hydrogens (tertiary/aromatic N) is 2. The molecule has 1 aliphatic heterocycles. The zero-order chi connectivity index (χ0) is 15.9. The van der Waals surface area contributed by atoms with E-state index >= 15 is 0 Å². The largest absolute Gasteiger partial charge is 0.662 e. The van der Waals surface area contributed by atoms with Gasteiger partial charge in [-0.1, -0.05) is 33.6 Å². The number of aromatic nitrogens is 1. The summed E-state index contributed by atoms with van der Waals surface area (Å²) in [6.07, 6.45) is 3.39. The predicted octanol–water partition coefficient (Wildman–Crippen LogP) is 4.71. The summed E-state index contributed by atoms with van der Waals surface area (Å²) in [5.41, 5.74) is 9.74. The summed E-state index contributed by atoms with van der Waals surface area (Å²) in [6.45, 7) is 10.7. The van der Waals surface area contributed by atoms with Crippen LogP contribution in [0, 0.1) is 12.3 Å². The molecule has 1 aromatic rings. The van der Waals surface area contributed by atoms with Gasteiger partial charge in [0.05, 0.1) is 0 Å². The van der Waals surface area contributed by atoms with Crippen LogP contribution >= 0.6 is 0 Å². The van der Waals surface area contributed by atoms with E-state index in [1.807, 2.05) is 13.8 Å². The van der Waals surface area contributed by atoms with E-state index in [-0.39, 0.29) is 32.7 Å². The number of amides is 2. The van der Waals surface area contributed by atoms with Crippen LogP contribution in [0.5, 0.6) is 0 Å². The second-order valence-electron chi connectivity index (χ2n) is 6.13. The molecule has 0 unspecified atom stereocenters. The number of aryl methyl sites for hydroxylation is 2. The van der Waals surface area contributed by atoms with Gasteiger partial charge in [0.2, 0.25) is 0 Å². The van der Waals surface area contributed by atoms with Crippen molar-refractivity contribution in [2.24, 2.45) is 5.41 Å². The molecule has 121 valence electrons. The van der Waals surface area contributed by atoms with Crippen molar-refractivity contribution in [1.29, 1.82) is 0 Å². The van der Waals surface area contributed by atoms with Crippen molar-refractivity contribution in [3.63, 3.8) is 0 Å².